The van der Waals surface area contributed by atoms with Crippen LogP contribution >= 0.6 is 0 Å². The number of carbonyl (C=O) groups excluding carboxylic acids is 1. The summed E-state index contributed by atoms with van der Waals surface area (Å²) < 4.78 is 0. The molecule has 0 saturated carbocycles. The normalized spacial score (nSPS) is 18.9. The summed E-state index contributed by atoms with van der Waals surface area (Å²) in [7, 11) is 0. The van der Waals surface area contributed by atoms with Gasteiger partial charge in [-0.05, 0) is 49.5 Å². The Labute approximate surface area is 126 Å². The maximum Gasteiger partial charge on any atom is 0.224 e. The standard InChI is InChI=1S/C16H25N3O2/c17-10-13-3-1-4-15(9-13)18-16(21)5-2-7-19-8-6-14(11-19)12-20/h1,3-4,9,14,20H,2,5-8,10-12,17H2,(H,18,21). The highest BCUT2D eigenvalue weighted by molar-refractivity contribution is 5.90. The topological polar surface area (TPSA) is 78.6 Å². The van der Waals surface area contributed by atoms with E-state index < -0.39 is 0 Å². The third-order valence-electron chi connectivity index (χ3n) is 3.95. The molecule has 1 unspecified atom stereocenters. The van der Waals surface area contributed by atoms with Crippen LogP contribution in [0.3, 0.4) is 0 Å². The first-order valence-corrected chi connectivity index (χ1v) is 7.63. The van der Waals surface area contributed by atoms with Gasteiger partial charge in [0.05, 0.1) is 0 Å². The molecular formula is C16H25N3O2. The van der Waals surface area contributed by atoms with Gasteiger partial charge in [0.15, 0.2) is 0 Å². The maximum absolute atomic E-state index is 11.9. The Morgan fingerprint density at radius 2 is 2.33 bits per heavy atom. The van der Waals surface area contributed by atoms with Crippen LogP contribution in [0.1, 0.15) is 24.8 Å². The lowest BCUT2D eigenvalue weighted by atomic mass is 10.1. The molecule has 1 atom stereocenters. The van der Waals surface area contributed by atoms with E-state index in [9.17, 15) is 4.79 Å². The molecule has 21 heavy (non-hydrogen) atoms. The Morgan fingerprint density at radius 1 is 1.48 bits per heavy atom. The monoisotopic (exact) mass is 291 g/mol. The van der Waals surface area contributed by atoms with E-state index in [1.54, 1.807) is 0 Å². The van der Waals surface area contributed by atoms with Crippen LogP contribution in [0.5, 0.6) is 0 Å². The van der Waals surface area contributed by atoms with Gasteiger partial charge in [-0.25, -0.2) is 0 Å². The molecule has 1 heterocycles. The second-order valence-electron chi connectivity index (χ2n) is 5.69. The van der Waals surface area contributed by atoms with Gasteiger partial charge in [0.2, 0.25) is 5.91 Å². The van der Waals surface area contributed by atoms with Crippen molar-refractivity contribution in [1.82, 2.24) is 4.90 Å². The summed E-state index contributed by atoms with van der Waals surface area (Å²) >= 11 is 0. The summed E-state index contributed by atoms with van der Waals surface area (Å²) in [5.74, 6) is 0.458. The van der Waals surface area contributed by atoms with E-state index in [0.29, 0.717) is 18.9 Å². The Morgan fingerprint density at radius 3 is 3.05 bits per heavy atom. The molecule has 1 aromatic carbocycles. The molecular weight excluding hydrogens is 266 g/mol. The number of nitrogens with two attached hydrogens (primary N) is 1. The summed E-state index contributed by atoms with van der Waals surface area (Å²) in [6.07, 6.45) is 2.43. The number of amides is 1. The van der Waals surface area contributed by atoms with Crippen molar-refractivity contribution < 1.29 is 9.90 Å². The molecule has 1 saturated heterocycles. The largest absolute Gasteiger partial charge is 0.396 e. The minimum Gasteiger partial charge on any atom is -0.396 e. The van der Waals surface area contributed by atoms with E-state index in [2.05, 4.69) is 10.2 Å². The molecule has 5 nitrogen and oxygen atoms in total. The first-order chi connectivity index (χ1) is 10.2. The van der Waals surface area contributed by atoms with Crippen LogP contribution in [-0.2, 0) is 11.3 Å². The van der Waals surface area contributed by atoms with Gasteiger partial charge in [-0.2, -0.15) is 0 Å². The molecule has 5 heteroatoms. The third-order valence-corrected chi connectivity index (χ3v) is 3.95. The molecule has 2 rings (SSSR count). The summed E-state index contributed by atoms with van der Waals surface area (Å²) in [4.78, 5) is 14.2. The van der Waals surface area contributed by atoms with E-state index in [0.717, 1.165) is 43.7 Å². The highest BCUT2D eigenvalue weighted by atomic mass is 16.3. The van der Waals surface area contributed by atoms with E-state index in [1.165, 1.54) is 0 Å². The minimum atomic E-state index is 0.0436. The van der Waals surface area contributed by atoms with Gasteiger partial charge < -0.3 is 21.1 Å². The first kappa shape index (κ1) is 15.9. The zero-order chi connectivity index (χ0) is 15.1. The fourth-order valence-electron chi connectivity index (χ4n) is 2.73. The fraction of sp³-hybridized carbons (Fsp3) is 0.562. The number of anilines is 1. The van der Waals surface area contributed by atoms with Crippen molar-refractivity contribution in [3.05, 3.63) is 29.8 Å². The van der Waals surface area contributed by atoms with Crippen LogP contribution in [-0.4, -0.2) is 42.2 Å². The van der Waals surface area contributed by atoms with E-state index in [-0.39, 0.29) is 12.5 Å². The summed E-state index contributed by atoms with van der Waals surface area (Å²) in [5.41, 5.74) is 7.41. The van der Waals surface area contributed by atoms with Gasteiger partial charge >= 0.3 is 0 Å². The van der Waals surface area contributed by atoms with E-state index in [4.69, 9.17) is 10.8 Å². The average molecular weight is 291 g/mol. The van der Waals surface area contributed by atoms with Crippen molar-refractivity contribution in [1.29, 1.82) is 0 Å². The minimum absolute atomic E-state index is 0.0436. The van der Waals surface area contributed by atoms with Crippen molar-refractivity contribution >= 4 is 11.6 Å². The average Bonchev–Trinajstić information content (AvgIpc) is 2.95. The van der Waals surface area contributed by atoms with Crippen LogP contribution in [0.2, 0.25) is 0 Å². The molecule has 1 fully saturated rings. The zero-order valence-electron chi connectivity index (χ0n) is 12.4. The lowest BCUT2D eigenvalue weighted by molar-refractivity contribution is -0.116. The van der Waals surface area contributed by atoms with Crippen molar-refractivity contribution in [2.24, 2.45) is 11.7 Å². The highest BCUT2D eigenvalue weighted by Crippen LogP contribution is 2.16. The Hall–Kier alpha value is -1.43. The summed E-state index contributed by atoms with van der Waals surface area (Å²) in [5, 5.41) is 12.0. The fourth-order valence-corrected chi connectivity index (χ4v) is 2.73. The maximum atomic E-state index is 11.9. The first-order valence-electron chi connectivity index (χ1n) is 7.63. The number of nitrogens with zero attached hydrogens (tertiary/aromatic N) is 1. The van der Waals surface area contributed by atoms with Gasteiger partial charge in [0, 0.05) is 31.8 Å². The summed E-state index contributed by atoms with van der Waals surface area (Å²) in [6, 6.07) is 7.63. The zero-order valence-corrected chi connectivity index (χ0v) is 12.4. The van der Waals surface area contributed by atoms with Gasteiger partial charge in [-0.1, -0.05) is 12.1 Å². The second-order valence-corrected chi connectivity index (χ2v) is 5.69. The third kappa shape index (κ3) is 5.12. The van der Waals surface area contributed by atoms with Crippen LogP contribution in [0.15, 0.2) is 24.3 Å². The molecule has 4 N–H and O–H groups in total. The quantitative estimate of drug-likeness (QED) is 0.705. The van der Waals surface area contributed by atoms with Crippen LogP contribution in [0.25, 0.3) is 0 Å². The van der Waals surface area contributed by atoms with Crippen molar-refractivity contribution in [3.8, 4) is 0 Å². The number of hydrogen-bond donors (Lipinski definition) is 3. The predicted molar refractivity (Wildman–Crippen MR) is 83.8 cm³/mol. The lowest BCUT2D eigenvalue weighted by Gasteiger charge is -2.15. The van der Waals surface area contributed by atoms with Crippen molar-refractivity contribution in [2.45, 2.75) is 25.8 Å². The Kier molecular flexibility index (Phi) is 6.17. The molecule has 1 aliphatic rings. The smallest absolute Gasteiger partial charge is 0.224 e. The van der Waals surface area contributed by atoms with Gasteiger partial charge in [-0.15, -0.1) is 0 Å². The molecule has 1 aromatic rings. The number of benzene rings is 1. The van der Waals surface area contributed by atoms with Gasteiger partial charge in [0.25, 0.3) is 0 Å². The molecule has 0 radical (unpaired) electrons. The van der Waals surface area contributed by atoms with Crippen molar-refractivity contribution in [2.75, 3.05) is 31.6 Å². The Balaban J connectivity index is 1.68. The molecule has 1 aliphatic heterocycles. The number of carbonyl (C=O) groups is 1. The number of rotatable bonds is 7. The number of nitrogens with one attached hydrogen (secondary N) is 1. The van der Waals surface area contributed by atoms with E-state index >= 15 is 0 Å². The molecule has 0 spiro atoms. The van der Waals surface area contributed by atoms with Crippen LogP contribution in [0, 0.1) is 5.92 Å². The number of hydrogen-bond acceptors (Lipinski definition) is 4. The molecule has 0 aromatic heterocycles. The van der Waals surface area contributed by atoms with Crippen LogP contribution in [0.4, 0.5) is 5.69 Å². The lowest BCUT2D eigenvalue weighted by Crippen LogP contribution is -2.24. The van der Waals surface area contributed by atoms with Crippen LogP contribution < -0.4 is 11.1 Å². The number of likely N-dealkylation sites (tertiary alicyclic amines) is 1. The molecule has 1 amide bonds. The SMILES string of the molecule is NCc1cccc(NC(=O)CCCN2CCC(CO)C2)c1. The second kappa shape index (κ2) is 8.12. The summed E-state index contributed by atoms with van der Waals surface area (Å²) in [6.45, 7) is 3.66. The Bertz CT molecular complexity index is 465. The van der Waals surface area contributed by atoms with E-state index in [1.807, 2.05) is 24.3 Å². The number of aliphatic hydroxyl groups is 1. The number of aliphatic hydroxyl groups excluding tert-OH is 1. The van der Waals surface area contributed by atoms with Gasteiger partial charge in [0.1, 0.15) is 0 Å². The molecule has 116 valence electrons. The predicted octanol–water partition coefficient (Wildman–Crippen LogP) is 1.18. The van der Waals surface area contributed by atoms with Gasteiger partial charge in [-0.3, -0.25) is 4.79 Å². The van der Waals surface area contributed by atoms with Crippen molar-refractivity contribution in [3.63, 3.8) is 0 Å². The highest BCUT2D eigenvalue weighted by Gasteiger charge is 2.21. The molecule has 0 aliphatic carbocycles. The molecule has 0 bridgehead atoms.